The predicted molar refractivity (Wildman–Crippen MR) is 133 cm³/mol. The molecule has 2 heterocycles. The number of anilines is 2. The van der Waals surface area contributed by atoms with Crippen LogP contribution in [0.4, 0.5) is 20.2 Å². The van der Waals surface area contributed by atoms with E-state index < -0.39 is 17.7 Å². The highest BCUT2D eigenvalue weighted by Crippen LogP contribution is 2.41. The van der Waals surface area contributed by atoms with Crippen molar-refractivity contribution in [3.63, 3.8) is 0 Å². The average molecular weight is 497 g/mol. The average Bonchev–Trinajstić information content (AvgIpc) is 3.24. The number of rotatable bonds is 5. The molecule has 1 aliphatic carbocycles. The highest BCUT2D eigenvalue weighted by atomic mass is 19.2. The van der Waals surface area contributed by atoms with Crippen LogP contribution in [0, 0.1) is 11.6 Å². The van der Waals surface area contributed by atoms with Crippen LogP contribution in [0.15, 0.2) is 36.4 Å². The first-order valence-corrected chi connectivity index (χ1v) is 12.4. The lowest BCUT2D eigenvalue weighted by Crippen LogP contribution is -2.40. The van der Waals surface area contributed by atoms with Crippen LogP contribution >= 0.6 is 0 Å². The van der Waals surface area contributed by atoms with Crippen LogP contribution in [0.3, 0.4) is 0 Å². The van der Waals surface area contributed by atoms with Crippen LogP contribution in [-0.2, 0) is 14.3 Å². The minimum absolute atomic E-state index is 0.141. The molecule has 2 aliphatic rings. The number of hydrogen-bond acceptors (Lipinski definition) is 4. The van der Waals surface area contributed by atoms with Crippen molar-refractivity contribution in [2.24, 2.45) is 0 Å². The molecule has 1 aliphatic heterocycles. The molecular weight excluding hydrogens is 466 g/mol. The Morgan fingerprint density at radius 1 is 1.06 bits per heavy atom. The standard InChI is InChI=1S/C27H30F2N4O3/c1-16(34)30-17-6-13-24-23(14-17)31-27(33(24)18-7-10-20(36-2)11-8-18)25-4-3-5-26(35)32(25)19-9-12-21(28)22(29)15-19/h6,9,12-15,18,20,25H,3-5,7-8,10-11H2,1-2H3,(H,30,34)/t18?,20?,25-/m0/s1. The van der Waals surface area contributed by atoms with Gasteiger partial charge in [0.2, 0.25) is 11.8 Å². The molecule has 190 valence electrons. The van der Waals surface area contributed by atoms with Gasteiger partial charge in [-0.15, -0.1) is 0 Å². The van der Waals surface area contributed by atoms with Gasteiger partial charge in [-0.2, -0.15) is 0 Å². The number of fused-ring (bicyclic) bond motifs is 1. The summed E-state index contributed by atoms with van der Waals surface area (Å²) in [6.45, 7) is 1.45. The Morgan fingerprint density at radius 3 is 2.53 bits per heavy atom. The zero-order chi connectivity index (χ0) is 25.4. The van der Waals surface area contributed by atoms with Crippen molar-refractivity contribution in [2.75, 3.05) is 17.3 Å². The first-order valence-electron chi connectivity index (χ1n) is 12.4. The third-order valence-electron chi connectivity index (χ3n) is 7.31. The van der Waals surface area contributed by atoms with E-state index in [0.717, 1.165) is 49.2 Å². The number of imidazole rings is 1. The second-order valence-electron chi connectivity index (χ2n) is 9.66. The van der Waals surface area contributed by atoms with Gasteiger partial charge in [0.25, 0.3) is 0 Å². The highest BCUT2D eigenvalue weighted by Gasteiger charge is 2.36. The zero-order valence-electron chi connectivity index (χ0n) is 20.5. The van der Waals surface area contributed by atoms with E-state index in [0.29, 0.717) is 36.2 Å². The fourth-order valence-electron chi connectivity index (χ4n) is 5.63. The van der Waals surface area contributed by atoms with E-state index in [4.69, 9.17) is 9.72 Å². The highest BCUT2D eigenvalue weighted by molar-refractivity contribution is 5.95. The molecule has 2 amide bonds. The predicted octanol–water partition coefficient (Wildman–Crippen LogP) is 5.66. The number of halogens is 2. The number of aromatic nitrogens is 2. The summed E-state index contributed by atoms with van der Waals surface area (Å²) in [5.41, 5.74) is 2.60. The van der Waals surface area contributed by atoms with Gasteiger partial charge in [0, 0.05) is 43.9 Å². The lowest BCUT2D eigenvalue weighted by atomic mass is 9.92. The van der Waals surface area contributed by atoms with Gasteiger partial charge in [0.05, 0.1) is 23.2 Å². The van der Waals surface area contributed by atoms with Crippen molar-refractivity contribution >= 4 is 34.2 Å². The number of piperidine rings is 1. The van der Waals surface area contributed by atoms with Crippen molar-refractivity contribution in [1.29, 1.82) is 0 Å². The van der Waals surface area contributed by atoms with Gasteiger partial charge in [-0.1, -0.05) is 0 Å². The molecule has 7 nitrogen and oxygen atoms in total. The molecule has 2 aromatic carbocycles. The zero-order valence-corrected chi connectivity index (χ0v) is 20.5. The molecule has 0 spiro atoms. The molecule has 1 saturated carbocycles. The molecule has 1 atom stereocenters. The Bertz CT molecular complexity index is 1300. The van der Waals surface area contributed by atoms with Crippen molar-refractivity contribution in [3.05, 3.63) is 53.9 Å². The van der Waals surface area contributed by atoms with Gasteiger partial charge in [0.1, 0.15) is 5.82 Å². The van der Waals surface area contributed by atoms with Crippen LogP contribution in [0.5, 0.6) is 0 Å². The van der Waals surface area contributed by atoms with Crippen LogP contribution in [0.25, 0.3) is 11.0 Å². The number of hydrogen-bond donors (Lipinski definition) is 1. The molecule has 0 bridgehead atoms. The summed E-state index contributed by atoms with van der Waals surface area (Å²) in [6, 6.07) is 8.96. The van der Waals surface area contributed by atoms with Gasteiger partial charge in [-0.05, 0) is 68.9 Å². The fourth-order valence-corrected chi connectivity index (χ4v) is 5.63. The lowest BCUT2D eigenvalue weighted by Gasteiger charge is -2.37. The number of nitrogens with one attached hydrogen (secondary N) is 1. The first-order chi connectivity index (χ1) is 17.4. The first kappa shape index (κ1) is 24.4. The summed E-state index contributed by atoms with van der Waals surface area (Å²) in [6.07, 6.45) is 5.52. The quantitative estimate of drug-likeness (QED) is 0.495. The number of methoxy groups -OCH3 is 1. The second kappa shape index (κ2) is 9.97. The molecular formula is C27H30F2N4O3. The largest absolute Gasteiger partial charge is 0.381 e. The minimum atomic E-state index is -0.990. The van der Waals surface area contributed by atoms with Crippen LogP contribution in [0.1, 0.15) is 69.8 Å². The van der Waals surface area contributed by atoms with Crippen LogP contribution in [-0.4, -0.2) is 34.6 Å². The van der Waals surface area contributed by atoms with Gasteiger partial charge in [0.15, 0.2) is 11.6 Å². The number of benzene rings is 2. The molecule has 9 heteroatoms. The van der Waals surface area contributed by atoms with Gasteiger partial charge < -0.3 is 19.5 Å². The normalized spacial score (nSPS) is 22.7. The molecule has 2 fully saturated rings. The third kappa shape index (κ3) is 4.59. The van der Waals surface area contributed by atoms with Gasteiger partial charge >= 0.3 is 0 Å². The van der Waals surface area contributed by atoms with E-state index in [1.807, 2.05) is 18.2 Å². The number of nitrogens with zero attached hydrogens (tertiary/aromatic N) is 3. The monoisotopic (exact) mass is 496 g/mol. The summed E-state index contributed by atoms with van der Waals surface area (Å²) in [4.78, 5) is 31.3. The number of amides is 2. The van der Waals surface area contributed by atoms with Gasteiger partial charge in [-0.3, -0.25) is 9.59 Å². The molecule has 0 radical (unpaired) electrons. The maximum absolute atomic E-state index is 14.2. The van der Waals surface area contributed by atoms with E-state index >= 15 is 0 Å². The van der Waals surface area contributed by atoms with E-state index in [1.54, 1.807) is 12.0 Å². The lowest BCUT2D eigenvalue weighted by molar-refractivity contribution is -0.120. The minimum Gasteiger partial charge on any atom is -0.381 e. The van der Waals surface area contributed by atoms with E-state index in [1.165, 1.54) is 13.0 Å². The Labute approximate surface area is 208 Å². The molecule has 1 saturated heterocycles. The summed E-state index contributed by atoms with van der Waals surface area (Å²) < 4.78 is 35.6. The van der Waals surface area contributed by atoms with Crippen molar-refractivity contribution in [2.45, 2.75) is 70.1 Å². The molecule has 5 rings (SSSR count). The topological polar surface area (TPSA) is 76.5 Å². The molecule has 0 unspecified atom stereocenters. The Balaban J connectivity index is 1.63. The third-order valence-corrected chi connectivity index (χ3v) is 7.31. The van der Waals surface area contributed by atoms with Crippen molar-refractivity contribution in [3.8, 4) is 0 Å². The molecule has 1 aromatic heterocycles. The number of carbonyl (C=O) groups is 2. The Morgan fingerprint density at radius 2 is 1.83 bits per heavy atom. The smallest absolute Gasteiger partial charge is 0.227 e. The fraction of sp³-hybridized carbons (Fsp3) is 0.444. The summed E-state index contributed by atoms with van der Waals surface area (Å²) in [5, 5.41) is 2.80. The van der Waals surface area contributed by atoms with E-state index in [2.05, 4.69) is 9.88 Å². The summed E-state index contributed by atoms with van der Waals surface area (Å²) in [7, 11) is 1.74. The van der Waals surface area contributed by atoms with Gasteiger partial charge in [-0.25, -0.2) is 13.8 Å². The van der Waals surface area contributed by atoms with Crippen molar-refractivity contribution < 1.29 is 23.1 Å². The molecule has 3 aromatic rings. The molecule has 1 N–H and O–H groups in total. The van der Waals surface area contributed by atoms with Crippen LogP contribution in [0.2, 0.25) is 0 Å². The summed E-state index contributed by atoms with van der Waals surface area (Å²) >= 11 is 0. The Kier molecular flexibility index (Phi) is 6.75. The second-order valence-corrected chi connectivity index (χ2v) is 9.66. The van der Waals surface area contributed by atoms with E-state index in [9.17, 15) is 18.4 Å². The maximum atomic E-state index is 14.2. The Hall–Kier alpha value is -3.33. The number of ether oxygens (including phenoxy) is 1. The number of carbonyl (C=O) groups excluding carboxylic acids is 2. The SMILES string of the molecule is COC1CCC(n2c([C@@H]3CCCC(=O)N3c3ccc(F)c(F)c3)nc3cc(NC(C)=O)ccc32)CC1. The molecule has 36 heavy (non-hydrogen) atoms. The summed E-state index contributed by atoms with van der Waals surface area (Å²) in [5.74, 6) is -1.53. The van der Waals surface area contributed by atoms with E-state index in [-0.39, 0.29) is 24.0 Å². The maximum Gasteiger partial charge on any atom is 0.227 e. The van der Waals surface area contributed by atoms with Crippen LogP contribution < -0.4 is 10.2 Å². The van der Waals surface area contributed by atoms with Crippen molar-refractivity contribution in [1.82, 2.24) is 9.55 Å².